The smallest absolute Gasteiger partial charge is 0.266 e. The number of carbonyl (C=O) groups is 1. The van der Waals surface area contributed by atoms with Gasteiger partial charge in [0.15, 0.2) is 0 Å². The van der Waals surface area contributed by atoms with E-state index >= 15 is 0 Å². The molecule has 3 aliphatic rings. The molecule has 4 atom stereocenters. The Labute approximate surface area is 212 Å². The molecule has 2 N–H and O–H groups in total. The van der Waals surface area contributed by atoms with E-state index in [2.05, 4.69) is 10.2 Å². The Morgan fingerprint density at radius 3 is 2.24 bits per heavy atom. The number of hydrogen-bond donors (Lipinski definition) is 2. The number of nitrogens with zero attached hydrogens (tertiary/aromatic N) is 2. The summed E-state index contributed by atoms with van der Waals surface area (Å²) in [7, 11) is 1.94. The van der Waals surface area contributed by atoms with Gasteiger partial charge in [-0.05, 0) is 31.7 Å². The lowest BCUT2D eigenvalue weighted by atomic mass is 10.0. The number of carbonyl (C=O) groups excluding carboxylic acids is 1. The molecule has 0 radical (unpaired) electrons. The van der Waals surface area contributed by atoms with Gasteiger partial charge < -0.3 is 20.1 Å². The number of anilines is 1. The van der Waals surface area contributed by atoms with Gasteiger partial charge in [-0.2, -0.15) is 0 Å². The van der Waals surface area contributed by atoms with Crippen LogP contribution in [0.3, 0.4) is 0 Å². The van der Waals surface area contributed by atoms with Crippen molar-refractivity contribution in [1.29, 1.82) is 0 Å². The van der Waals surface area contributed by atoms with Crippen LogP contribution in [0, 0.1) is 17.7 Å². The zero-order chi connectivity index (χ0) is 27.5. The molecule has 2 aromatic rings. The highest BCUT2D eigenvalue weighted by Crippen LogP contribution is 2.49. The summed E-state index contributed by atoms with van der Waals surface area (Å²) in [6, 6.07) is 1.14. The number of nitrogens with one attached hydrogen (secondary N) is 2. The number of piperidine rings is 1. The van der Waals surface area contributed by atoms with Crippen molar-refractivity contribution in [3.05, 3.63) is 63.3 Å². The van der Waals surface area contributed by atoms with E-state index in [4.69, 9.17) is 0 Å². The van der Waals surface area contributed by atoms with Crippen LogP contribution in [0.25, 0.3) is 0 Å². The van der Waals surface area contributed by atoms with E-state index in [1.54, 1.807) is 0 Å². The first-order valence-electron chi connectivity index (χ1n) is 12.1. The summed E-state index contributed by atoms with van der Waals surface area (Å²) in [6.07, 6.45) is -8.68. The minimum absolute atomic E-state index is 0.0111. The molecule has 1 aromatic carbocycles. The Balaban J connectivity index is 1.50. The minimum atomic E-state index is -3.39. The number of alkyl halides is 6. The summed E-state index contributed by atoms with van der Waals surface area (Å²) in [4.78, 5) is 28.2. The molecule has 6 nitrogen and oxygen atoms in total. The summed E-state index contributed by atoms with van der Waals surface area (Å²) in [5.41, 5.74) is -4.91. The van der Waals surface area contributed by atoms with E-state index in [9.17, 15) is 40.3 Å². The van der Waals surface area contributed by atoms with Crippen LogP contribution in [0.5, 0.6) is 0 Å². The number of fused-ring (bicyclic) bond motifs is 1. The van der Waals surface area contributed by atoms with E-state index in [-0.39, 0.29) is 42.0 Å². The van der Waals surface area contributed by atoms with E-state index in [0.717, 1.165) is 48.1 Å². The van der Waals surface area contributed by atoms with Gasteiger partial charge >= 0.3 is 0 Å². The lowest BCUT2D eigenvalue weighted by molar-refractivity contribution is 0.0643. The van der Waals surface area contributed by atoms with Crippen LogP contribution < -0.4 is 16.2 Å². The number of benzene rings is 1. The normalized spacial score (nSPS) is 24.6. The fourth-order valence-corrected chi connectivity index (χ4v) is 5.48. The summed E-state index contributed by atoms with van der Waals surface area (Å²) >= 11 is 0. The highest BCUT2D eigenvalue weighted by atomic mass is 19.3. The Hall–Kier alpha value is -3.09. The molecule has 13 heteroatoms. The van der Waals surface area contributed by atoms with Crippen LogP contribution in [-0.4, -0.2) is 54.4 Å². The van der Waals surface area contributed by atoms with Crippen LogP contribution in [0.1, 0.15) is 46.8 Å². The number of halogens is 7. The molecular formula is C25H25F7N4O2. The monoisotopic (exact) mass is 546 g/mol. The third-order valence-electron chi connectivity index (χ3n) is 7.81. The number of rotatable bonds is 9. The predicted molar refractivity (Wildman–Crippen MR) is 123 cm³/mol. The van der Waals surface area contributed by atoms with Crippen molar-refractivity contribution in [2.75, 3.05) is 25.5 Å². The number of aromatic nitrogens is 1. The fourth-order valence-electron chi connectivity index (χ4n) is 5.48. The van der Waals surface area contributed by atoms with Gasteiger partial charge in [-0.25, -0.2) is 30.7 Å². The maximum Gasteiger partial charge on any atom is 0.266 e. The summed E-state index contributed by atoms with van der Waals surface area (Å²) in [5, 5.41) is 5.06. The van der Waals surface area contributed by atoms with Gasteiger partial charge in [0.25, 0.3) is 30.7 Å². The van der Waals surface area contributed by atoms with E-state index in [1.807, 2.05) is 12.4 Å². The first-order chi connectivity index (χ1) is 17.9. The second-order valence-electron chi connectivity index (χ2n) is 10.3. The molecule has 1 saturated heterocycles. The van der Waals surface area contributed by atoms with Crippen molar-refractivity contribution in [1.82, 2.24) is 14.8 Å². The third kappa shape index (κ3) is 4.54. The predicted octanol–water partition coefficient (Wildman–Crippen LogP) is 4.39. The van der Waals surface area contributed by atoms with Gasteiger partial charge in [0, 0.05) is 37.0 Å². The second kappa shape index (κ2) is 9.58. The largest absolute Gasteiger partial charge is 0.381 e. The molecule has 2 aliphatic carbocycles. The van der Waals surface area contributed by atoms with Crippen molar-refractivity contribution >= 4 is 11.6 Å². The highest BCUT2D eigenvalue weighted by Gasteiger charge is 2.56. The van der Waals surface area contributed by atoms with Gasteiger partial charge in [0.1, 0.15) is 17.4 Å². The van der Waals surface area contributed by atoms with Crippen LogP contribution in [-0.2, 0) is 5.54 Å². The Morgan fingerprint density at radius 1 is 1.05 bits per heavy atom. The van der Waals surface area contributed by atoms with E-state index in [0.29, 0.717) is 0 Å². The molecule has 1 aliphatic heterocycles. The first-order valence-corrected chi connectivity index (χ1v) is 12.1. The molecule has 2 heterocycles. The lowest BCUT2D eigenvalue weighted by Crippen LogP contribution is -2.39. The maximum atomic E-state index is 14.7. The molecule has 2 saturated carbocycles. The lowest BCUT2D eigenvalue weighted by Gasteiger charge is -2.24. The fraction of sp³-hybridized carbons (Fsp3) is 0.520. The summed E-state index contributed by atoms with van der Waals surface area (Å²) in [5.74, 6) is -2.31. The summed E-state index contributed by atoms with van der Waals surface area (Å²) in [6.45, 7) is 1.53. The standard InChI is InChI=1S/C25H25F7N4O2/c1-35-8-13-14(9-35)19(13)33-16-7-17(37)36(25(5-6-25)24(31)32)10-15(16)23(38)34-20(22(29)30)11-3-2-4-12(18(11)26)21(27)28/h2-4,7,10,13-14,19-22,24,33H,5-6,8-9H2,1H3,(H,34,38)/t13-,14+,19-,20-/m1/s1. The van der Waals surface area contributed by atoms with Gasteiger partial charge in [-0.1, -0.05) is 18.2 Å². The number of pyridine rings is 1. The SMILES string of the molecule is CN1C[C@@H]2[C@H](C1)[C@@H]2Nc1cc(=O)n(C2(C(F)F)CC2)cc1C(=O)N[C@H](c1cccc(C(F)F)c1F)C(F)F. The molecule has 0 spiro atoms. The summed E-state index contributed by atoms with van der Waals surface area (Å²) < 4.78 is 97.3. The molecular weight excluding hydrogens is 521 g/mol. The van der Waals surface area contributed by atoms with E-state index in [1.165, 1.54) is 0 Å². The Bertz CT molecular complexity index is 1280. The molecule has 0 bridgehead atoms. The van der Waals surface area contributed by atoms with Gasteiger partial charge in [0.2, 0.25) is 0 Å². The second-order valence-corrected chi connectivity index (χ2v) is 10.3. The first kappa shape index (κ1) is 26.5. The van der Waals surface area contributed by atoms with Crippen molar-refractivity contribution < 1.29 is 35.5 Å². The molecule has 1 amide bonds. The number of hydrogen-bond acceptors (Lipinski definition) is 4. The van der Waals surface area contributed by atoms with Crippen molar-refractivity contribution in [2.24, 2.45) is 11.8 Å². The van der Waals surface area contributed by atoms with Gasteiger partial charge in [-0.3, -0.25) is 9.59 Å². The number of likely N-dealkylation sites (tertiary alicyclic amines) is 1. The molecule has 3 fully saturated rings. The number of amides is 1. The van der Waals surface area contributed by atoms with Gasteiger partial charge in [0.05, 0.1) is 16.8 Å². The quantitative estimate of drug-likeness (QED) is 0.458. The van der Waals surface area contributed by atoms with Crippen LogP contribution in [0.15, 0.2) is 35.3 Å². The van der Waals surface area contributed by atoms with Gasteiger partial charge in [-0.15, -0.1) is 0 Å². The zero-order valence-electron chi connectivity index (χ0n) is 20.1. The zero-order valence-corrected chi connectivity index (χ0v) is 20.1. The van der Waals surface area contributed by atoms with Crippen LogP contribution in [0.2, 0.25) is 0 Å². The van der Waals surface area contributed by atoms with Crippen LogP contribution in [0.4, 0.5) is 36.4 Å². The van der Waals surface area contributed by atoms with Crippen molar-refractivity contribution in [2.45, 2.75) is 49.7 Å². The van der Waals surface area contributed by atoms with Crippen molar-refractivity contribution in [3.63, 3.8) is 0 Å². The van der Waals surface area contributed by atoms with Crippen LogP contribution >= 0.6 is 0 Å². The molecule has 0 unspecified atom stereocenters. The molecule has 5 rings (SSSR count). The van der Waals surface area contributed by atoms with Crippen molar-refractivity contribution in [3.8, 4) is 0 Å². The topological polar surface area (TPSA) is 66.4 Å². The Morgan fingerprint density at radius 2 is 1.68 bits per heavy atom. The van der Waals surface area contributed by atoms with E-state index < -0.39 is 59.3 Å². The average molecular weight is 546 g/mol. The molecule has 1 aromatic heterocycles. The average Bonchev–Trinajstić information content (AvgIpc) is 3.73. The minimum Gasteiger partial charge on any atom is -0.381 e. The maximum absolute atomic E-state index is 14.7. The molecule has 38 heavy (non-hydrogen) atoms. The molecule has 206 valence electrons. The Kier molecular flexibility index (Phi) is 6.69. The third-order valence-corrected chi connectivity index (χ3v) is 7.81. The highest BCUT2D eigenvalue weighted by molar-refractivity contribution is 5.99.